The van der Waals surface area contributed by atoms with Crippen LogP contribution in [0.2, 0.25) is 0 Å². The molecule has 3 aromatic rings. The minimum Gasteiger partial charge on any atom is -0.493 e. The van der Waals surface area contributed by atoms with E-state index >= 15 is 0 Å². The smallest absolute Gasteiger partial charge is 0.343 e. The molecule has 0 spiro atoms. The number of anilines is 1. The average Bonchev–Trinajstić information content (AvgIpc) is 2.86. The van der Waals surface area contributed by atoms with Gasteiger partial charge in [-0.15, -0.1) is 0 Å². The Hall–Kier alpha value is -4.66. The van der Waals surface area contributed by atoms with E-state index in [0.717, 1.165) is 5.56 Å². The molecule has 180 valence electrons. The molecule has 35 heavy (non-hydrogen) atoms. The number of rotatable bonds is 8. The lowest BCUT2D eigenvalue weighted by Gasteiger charge is -2.10. The van der Waals surface area contributed by atoms with Gasteiger partial charge < -0.3 is 19.5 Å². The molecule has 0 saturated heterocycles. The maximum absolute atomic E-state index is 12.4. The number of methoxy groups -OCH3 is 1. The van der Waals surface area contributed by atoms with E-state index in [4.69, 9.17) is 14.2 Å². The van der Waals surface area contributed by atoms with Crippen molar-refractivity contribution in [2.45, 2.75) is 13.8 Å². The zero-order valence-electron chi connectivity index (χ0n) is 19.5. The van der Waals surface area contributed by atoms with Crippen molar-refractivity contribution in [3.63, 3.8) is 0 Å². The van der Waals surface area contributed by atoms with E-state index in [0.29, 0.717) is 34.9 Å². The van der Waals surface area contributed by atoms with E-state index in [1.54, 1.807) is 54.6 Å². The summed E-state index contributed by atoms with van der Waals surface area (Å²) in [5, 5.41) is 6.29. The zero-order chi connectivity index (χ0) is 25.2. The van der Waals surface area contributed by atoms with E-state index in [1.807, 2.05) is 26.0 Å². The number of hydrogen-bond acceptors (Lipinski definition) is 7. The highest BCUT2D eigenvalue weighted by Crippen LogP contribution is 2.28. The zero-order valence-corrected chi connectivity index (χ0v) is 19.5. The molecule has 3 aromatic carbocycles. The number of amides is 2. The summed E-state index contributed by atoms with van der Waals surface area (Å²) in [6.45, 7) is 4.15. The second-order valence-corrected chi connectivity index (χ2v) is 7.25. The van der Waals surface area contributed by atoms with Crippen LogP contribution in [0.5, 0.6) is 17.2 Å². The van der Waals surface area contributed by atoms with Gasteiger partial charge in [-0.3, -0.25) is 9.59 Å². The molecule has 0 aliphatic rings. The molecule has 9 nitrogen and oxygen atoms in total. The van der Waals surface area contributed by atoms with E-state index in [9.17, 15) is 14.4 Å². The fourth-order valence-electron chi connectivity index (χ4n) is 2.94. The van der Waals surface area contributed by atoms with E-state index in [1.165, 1.54) is 13.3 Å². The van der Waals surface area contributed by atoms with Crippen LogP contribution in [0.25, 0.3) is 0 Å². The molecule has 0 aromatic heterocycles. The lowest BCUT2D eigenvalue weighted by molar-refractivity contribution is -0.136. The van der Waals surface area contributed by atoms with E-state index in [-0.39, 0.29) is 5.75 Å². The lowest BCUT2D eigenvalue weighted by atomic mass is 10.1. The van der Waals surface area contributed by atoms with Crippen molar-refractivity contribution in [3.05, 3.63) is 83.4 Å². The Labute approximate surface area is 202 Å². The first-order chi connectivity index (χ1) is 16.9. The average molecular weight is 476 g/mol. The molecule has 3 rings (SSSR count). The standard InChI is InChI=1S/C26H25N3O6/c1-4-34-21-8-6-5-7-20(21)28-24(30)25(31)29-27-16-18-11-14-22(23(15-18)33-3)35-26(32)19-12-9-17(2)10-13-19/h5-16H,4H2,1-3H3,(H,28,30)(H,29,31)/b27-16+. The lowest BCUT2D eigenvalue weighted by Crippen LogP contribution is -2.32. The Bertz CT molecular complexity index is 1240. The molecule has 0 aliphatic heterocycles. The largest absolute Gasteiger partial charge is 0.493 e. The van der Waals surface area contributed by atoms with Gasteiger partial charge in [-0.25, -0.2) is 10.2 Å². The second kappa shape index (κ2) is 12.0. The number of hydrazone groups is 1. The molecule has 2 amide bonds. The molecule has 0 saturated carbocycles. The van der Waals surface area contributed by atoms with Crippen LogP contribution in [-0.2, 0) is 9.59 Å². The van der Waals surface area contributed by atoms with Gasteiger partial charge in [0.2, 0.25) is 0 Å². The van der Waals surface area contributed by atoms with Gasteiger partial charge in [0.25, 0.3) is 0 Å². The Morgan fingerprint density at radius 3 is 2.37 bits per heavy atom. The van der Waals surface area contributed by atoms with Crippen molar-refractivity contribution >= 4 is 29.7 Å². The third kappa shape index (κ3) is 6.91. The van der Waals surface area contributed by atoms with Crippen LogP contribution in [0.15, 0.2) is 71.8 Å². The molecule has 0 aliphatic carbocycles. The van der Waals surface area contributed by atoms with Crippen LogP contribution in [0, 0.1) is 6.92 Å². The van der Waals surface area contributed by atoms with Crippen molar-refractivity contribution in [2.24, 2.45) is 5.10 Å². The number of ether oxygens (including phenoxy) is 3. The first kappa shape index (κ1) is 25.0. The number of benzene rings is 3. The van der Waals surface area contributed by atoms with Crippen molar-refractivity contribution in [2.75, 3.05) is 19.0 Å². The molecule has 0 atom stereocenters. The summed E-state index contributed by atoms with van der Waals surface area (Å²) in [6, 6.07) is 18.5. The number of esters is 1. The first-order valence-corrected chi connectivity index (χ1v) is 10.7. The van der Waals surface area contributed by atoms with Gasteiger partial charge in [0.1, 0.15) is 5.75 Å². The van der Waals surface area contributed by atoms with Crippen molar-refractivity contribution in [3.8, 4) is 17.2 Å². The maximum Gasteiger partial charge on any atom is 0.343 e. The topological polar surface area (TPSA) is 115 Å². The van der Waals surface area contributed by atoms with Crippen LogP contribution in [0.3, 0.4) is 0 Å². The minimum absolute atomic E-state index is 0.228. The maximum atomic E-state index is 12.4. The molecule has 2 N–H and O–H groups in total. The van der Waals surface area contributed by atoms with Gasteiger partial charge in [0, 0.05) is 0 Å². The predicted octanol–water partition coefficient (Wildman–Crippen LogP) is 3.71. The van der Waals surface area contributed by atoms with Crippen LogP contribution < -0.4 is 25.0 Å². The summed E-state index contributed by atoms with van der Waals surface area (Å²) < 4.78 is 16.2. The number of carbonyl (C=O) groups is 3. The summed E-state index contributed by atoms with van der Waals surface area (Å²) in [5.41, 5.74) is 4.52. The van der Waals surface area contributed by atoms with Crippen molar-refractivity contribution in [1.82, 2.24) is 5.43 Å². The third-order valence-corrected chi connectivity index (χ3v) is 4.70. The number of nitrogens with zero attached hydrogens (tertiary/aromatic N) is 1. The monoisotopic (exact) mass is 475 g/mol. The van der Waals surface area contributed by atoms with Crippen LogP contribution in [-0.4, -0.2) is 37.7 Å². The minimum atomic E-state index is -0.955. The molecule has 0 radical (unpaired) electrons. The number of hydrogen-bond donors (Lipinski definition) is 2. The Kier molecular flexibility index (Phi) is 8.55. The highest BCUT2D eigenvalue weighted by molar-refractivity contribution is 6.39. The van der Waals surface area contributed by atoms with Crippen LogP contribution in [0.1, 0.15) is 28.4 Å². The number of carbonyl (C=O) groups excluding carboxylic acids is 3. The summed E-state index contributed by atoms with van der Waals surface area (Å²) in [7, 11) is 1.44. The van der Waals surface area contributed by atoms with Gasteiger partial charge in [-0.1, -0.05) is 29.8 Å². The number of aryl methyl sites for hydroxylation is 1. The molecule has 0 bridgehead atoms. The molecule has 9 heteroatoms. The van der Waals surface area contributed by atoms with Gasteiger partial charge in [0.05, 0.1) is 31.2 Å². The van der Waals surface area contributed by atoms with Gasteiger partial charge >= 0.3 is 17.8 Å². The van der Waals surface area contributed by atoms with Crippen molar-refractivity contribution < 1.29 is 28.6 Å². The molecule has 0 heterocycles. The fraction of sp³-hybridized carbons (Fsp3) is 0.154. The van der Waals surface area contributed by atoms with Crippen LogP contribution >= 0.6 is 0 Å². The number of para-hydroxylation sites is 2. The van der Waals surface area contributed by atoms with E-state index in [2.05, 4.69) is 15.8 Å². The quantitative estimate of drug-likeness (QED) is 0.169. The molecular formula is C26H25N3O6. The third-order valence-electron chi connectivity index (χ3n) is 4.70. The highest BCUT2D eigenvalue weighted by Gasteiger charge is 2.16. The van der Waals surface area contributed by atoms with Crippen LogP contribution in [0.4, 0.5) is 5.69 Å². The normalized spacial score (nSPS) is 10.5. The SMILES string of the molecule is CCOc1ccccc1NC(=O)C(=O)N/N=C/c1ccc(OC(=O)c2ccc(C)cc2)c(OC)c1. The summed E-state index contributed by atoms with van der Waals surface area (Å²) in [4.78, 5) is 36.7. The van der Waals surface area contributed by atoms with Gasteiger partial charge in [-0.05, 0) is 61.9 Å². The predicted molar refractivity (Wildman–Crippen MR) is 131 cm³/mol. The van der Waals surface area contributed by atoms with E-state index < -0.39 is 17.8 Å². The summed E-state index contributed by atoms with van der Waals surface area (Å²) in [6.07, 6.45) is 1.33. The fourth-order valence-corrected chi connectivity index (χ4v) is 2.94. The highest BCUT2D eigenvalue weighted by atomic mass is 16.6. The number of nitrogens with one attached hydrogen (secondary N) is 2. The Morgan fingerprint density at radius 1 is 0.914 bits per heavy atom. The first-order valence-electron chi connectivity index (χ1n) is 10.7. The summed E-state index contributed by atoms with van der Waals surface area (Å²) >= 11 is 0. The van der Waals surface area contributed by atoms with Gasteiger partial charge in [-0.2, -0.15) is 5.10 Å². The molecule has 0 fully saturated rings. The van der Waals surface area contributed by atoms with Gasteiger partial charge in [0.15, 0.2) is 11.5 Å². The molecule has 0 unspecified atom stereocenters. The second-order valence-electron chi connectivity index (χ2n) is 7.25. The Balaban J connectivity index is 1.60. The summed E-state index contributed by atoms with van der Waals surface area (Å²) in [5.74, 6) is -1.39. The Morgan fingerprint density at radius 2 is 1.66 bits per heavy atom. The van der Waals surface area contributed by atoms with Crippen molar-refractivity contribution in [1.29, 1.82) is 0 Å². The molecular weight excluding hydrogens is 450 g/mol.